The minimum absolute atomic E-state index is 0.0293. The van der Waals surface area contributed by atoms with Crippen LogP contribution in [0.1, 0.15) is 36.1 Å². The molecule has 2 heterocycles. The zero-order valence-electron chi connectivity index (χ0n) is 13.2. The largest absolute Gasteiger partial charge is 0.461 e. The van der Waals surface area contributed by atoms with Crippen molar-refractivity contribution in [2.45, 2.75) is 32.5 Å². The molecule has 0 spiro atoms. The maximum absolute atomic E-state index is 12.0. The summed E-state index contributed by atoms with van der Waals surface area (Å²) in [4.78, 5) is 12.0. The lowest BCUT2D eigenvalue weighted by molar-refractivity contribution is -0.135. The zero-order chi connectivity index (χ0) is 16.0. The summed E-state index contributed by atoms with van der Waals surface area (Å²) in [6.07, 6.45) is 0.144. The molecule has 0 amide bonds. The third-order valence-electron chi connectivity index (χ3n) is 4.43. The first-order chi connectivity index (χ1) is 11.1. The van der Waals surface area contributed by atoms with Crippen molar-refractivity contribution in [2.75, 3.05) is 0 Å². The lowest BCUT2D eigenvalue weighted by Crippen LogP contribution is -2.44. The van der Waals surface area contributed by atoms with Crippen molar-refractivity contribution in [1.82, 2.24) is 5.01 Å². The molecule has 0 aliphatic carbocycles. The number of hydrogen-bond acceptors (Lipinski definition) is 4. The van der Waals surface area contributed by atoms with Crippen LogP contribution < -0.4 is 4.74 Å². The zero-order valence-corrected chi connectivity index (χ0v) is 13.2. The fourth-order valence-corrected chi connectivity index (χ4v) is 3.22. The van der Waals surface area contributed by atoms with Crippen LogP contribution in [-0.4, -0.2) is 22.7 Å². The van der Waals surface area contributed by atoms with E-state index in [2.05, 4.69) is 37.3 Å². The second-order valence-corrected chi connectivity index (χ2v) is 6.13. The quantitative estimate of drug-likeness (QED) is 0.853. The number of benzene rings is 2. The van der Waals surface area contributed by atoms with Crippen LogP contribution in [0.3, 0.4) is 0 Å². The van der Waals surface area contributed by atoms with E-state index >= 15 is 0 Å². The highest BCUT2D eigenvalue weighted by Crippen LogP contribution is 2.42. The van der Waals surface area contributed by atoms with Gasteiger partial charge in [0.2, 0.25) is 6.23 Å². The third kappa shape index (κ3) is 2.31. The first-order valence-electron chi connectivity index (χ1n) is 7.82. The topological polar surface area (TPSA) is 41.9 Å². The molecule has 4 heteroatoms. The number of nitrogens with zero attached hydrogens (tertiary/aromatic N) is 2. The smallest absolute Gasteiger partial charge is 0.246 e. The standard InChI is InChI=1S/C19H18N2O2/c1-12-7-9-14(10-8-12)16-11-17-15-5-3-4-6-18(15)23-19(13(2)22)21(17)20-16/h3-10,17,19H,11H2,1-2H3/t17-,19-/m0/s1. The fraction of sp³-hybridized carbons (Fsp3) is 0.263. The van der Waals surface area contributed by atoms with Gasteiger partial charge in [0.1, 0.15) is 5.75 Å². The molecule has 2 aliphatic heterocycles. The molecule has 4 rings (SSSR count). The maximum atomic E-state index is 12.0. The molecule has 23 heavy (non-hydrogen) atoms. The second kappa shape index (κ2) is 5.23. The number of hydrazone groups is 1. The Hall–Kier alpha value is -2.62. The van der Waals surface area contributed by atoms with E-state index < -0.39 is 6.23 Å². The summed E-state index contributed by atoms with van der Waals surface area (Å²) in [5.74, 6) is 0.757. The molecule has 2 aromatic rings. The number of ether oxygens (including phenoxy) is 1. The van der Waals surface area contributed by atoms with E-state index in [1.807, 2.05) is 23.2 Å². The van der Waals surface area contributed by atoms with Crippen LogP contribution in [0.4, 0.5) is 0 Å². The number of aryl methyl sites for hydroxylation is 1. The lowest BCUT2D eigenvalue weighted by atomic mass is 9.96. The fourth-order valence-electron chi connectivity index (χ4n) is 3.22. The van der Waals surface area contributed by atoms with Crippen molar-refractivity contribution in [3.63, 3.8) is 0 Å². The lowest BCUT2D eigenvalue weighted by Gasteiger charge is -2.36. The van der Waals surface area contributed by atoms with Crippen LogP contribution in [0, 0.1) is 6.92 Å². The van der Waals surface area contributed by atoms with Gasteiger partial charge in [0.05, 0.1) is 11.8 Å². The highest BCUT2D eigenvalue weighted by molar-refractivity contribution is 6.02. The average Bonchev–Trinajstić information content (AvgIpc) is 3.00. The minimum atomic E-state index is -0.641. The molecule has 0 N–H and O–H groups in total. The van der Waals surface area contributed by atoms with Crippen molar-refractivity contribution in [3.05, 3.63) is 65.2 Å². The SMILES string of the molecule is CC(=O)[C@@H]1Oc2ccccc2[C@@H]2CC(c3ccc(C)cc3)=NN12. The number of fused-ring (bicyclic) bond motifs is 3. The van der Waals surface area contributed by atoms with Crippen LogP contribution in [0.15, 0.2) is 53.6 Å². The molecule has 0 aromatic heterocycles. The molecule has 0 unspecified atom stereocenters. The number of Topliss-reactive ketones (excluding diaryl/α,β-unsaturated/α-hetero) is 1. The molecule has 2 atom stereocenters. The van der Waals surface area contributed by atoms with Gasteiger partial charge in [-0.3, -0.25) is 4.79 Å². The van der Waals surface area contributed by atoms with Gasteiger partial charge in [-0.05, 0) is 18.6 Å². The maximum Gasteiger partial charge on any atom is 0.246 e. The predicted molar refractivity (Wildman–Crippen MR) is 88.5 cm³/mol. The Balaban J connectivity index is 1.75. The van der Waals surface area contributed by atoms with Crippen LogP contribution in [-0.2, 0) is 4.79 Å². The van der Waals surface area contributed by atoms with Crippen molar-refractivity contribution in [1.29, 1.82) is 0 Å². The average molecular weight is 306 g/mol. The normalized spacial score (nSPS) is 22.0. The molecule has 116 valence electrons. The molecular weight excluding hydrogens is 288 g/mol. The number of para-hydroxylation sites is 1. The Labute approximate surface area is 135 Å². The van der Waals surface area contributed by atoms with Crippen molar-refractivity contribution in [2.24, 2.45) is 5.10 Å². The van der Waals surface area contributed by atoms with Crippen LogP contribution in [0.5, 0.6) is 5.75 Å². The molecule has 2 aromatic carbocycles. The van der Waals surface area contributed by atoms with Gasteiger partial charge in [0, 0.05) is 18.9 Å². The Morgan fingerprint density at radius 1 is 1.17 bits per heavy atom. The molecular formula is C19H18N2O2. The summed E-state index contributed by atoms with van der Waals surface area (Å²) in [5, 5.41) is 6.53. The predicted octanol–water partition coefficient (Wildman–Crippen LogP) is 3.45. The van der Waals surface area contributed by atoms with Crippen molar-refractivity contribution < 1.29 is 9.53 Å². The summed E-state index contributed by atoms with van der Waals surface area (Å²) in [5.41, 5.74) is 4.42. The second-order valence-electron chi connectivity index (χ2n) is 6.13. The van der Waals surface area contributed by atoms with Gasteiger partial charge in [-0.2, -0.15) is 5.10 Å². The number of carbonyl (C=O) groups excluding carboxylic acids is 1. The molecule has 0 bridgehead atoms. The van der Waals surface area contributed by atoms with Gasteiger partial charge in [-0.25, -0.2) is 5.01 Å². The van der Waals surface area contributed by atoms with Gasteiger partial charge in [-0.15, -0.1) is 0 Å². The van der Waals surface area contributed by atoms with Crippen molar-refractivity contribution >= 4 is 11.5 Å². The minimum Gasteiger partial charge on any atom is -0.461 e. The number of ketones is 1. The van der Waals surface area contributed by atoms with Gasteiger partial charge in [0.25, 0.3) is 0 Å². The molecule has 0 radical (unpaired) electrons. The Morgan fingerprint density at radius 2 is 1.91 bits per heavy atom. The summed E-state index contributed by atoms with van der Waals surface area (Å²) >= 11 is 0. The summed E-state index contributed by atoms with van der Waals surface area (Å²) in [6, 6.07) is 16.3. The van der Waals surface area contributed by atoms with E-state index in [1.165, 1.54) is 5.56 Å². The Bertz CT molecular complexity index is 795. The first kappa shape index (κ1) is 14.0. The van der Waals surface area contributed by atoms with E-state index in [0.717, 1.165) is 29.0 Å². The van der Waals surface area contributed by atoms with Crippen molar-refractivity contribution in [3.8, 4) is 5.75 Å². The summed E-state index contributed by atoms with van der Waals surface area (Å²) in [7, 11) is 0. The van der Waals surface area contributed by atoms with Gasteiger partial charge in [0.15, 0.2) is 5.78 Å². The van der Waals surface area contributed by atoms with Crippen LogP contribution in [0.2, 0.25) is 0 Å². The van der Waals surface area contributed by atoms with Gasteiger partial charge < -0.3 is 4.74 Å². The Morgan fingerprint density at radius 3 is 2.65 bits per heavy atom. The molecule has 0 saturated carbocycles. The molecule has 0 saturated heterocycles. The van der Waals surface area contributed by atoms with E-state index in [4.69, 9.17) is 9.84 Å². The third-order valence-corrected chi connectivity index (χ3v) is 4.43. The monoisotopic (exact) mass is 306 g/mol. The molecule has 2 aliphatic rings. The van der Waals surface area contributed by atoms with E-state index in [0.29, 0.717) is 0 Å². The van der Waals surface area contributed by atoms with Crippen LogP contribution in [0.25, 0.3) is 0 Å². The Kier molecular flexibility index (Phi) is 3.18. The summed E-state index contributed by atoms with van der Waals surface area (Å²) in [6.45, 7) is 3.62. The highest BCUT2D eigenvalue weighted by atomic mass is 16.5. The number of carbonyl (C=O) groups is 1. The van der Waals surface area contributed by atoms with Crippen LogP contribution >= 0.6 is 0 Å². The highest BCUT2D eigenvalue weighted by Gasteiger charge is 2.41. The molecule has 4 nitrogen and oxygen atoms in total. The first-order valence-corrected chi connectivity index (χ1v) is 7.82. The van der Waals surface area contributed by atoms with Gasteiger partial charge >= 0.3 is 0 Å². The van der Waals surface area contributed by atoms with Gasteiger partial charge in [-0.1, -0.05) is 48.0 Å². The van der Waals surface area contributed by atoms with E-state index in [1.54, 1.807) is 6.92 Å². The summed E-state index contributed by atoms with van der Waals surface area (Å²) < 4.78 is 5.88. The number of rotatable bonds is 2. The molecule has 0 fully saturated rings. The van der Waals surface area contributed by atoms with E-state index in [9.17, 15) is 4.79 Å². The van der Waals surface area contributed by atoms with E-state index in [-0.39, 0.29) is 11.8 Å². The number of hydrogen-bond donors (Lipinski definition) is 0.